The average molecular weight is 337 g/mol. The van der Waals surface area contributed by atoms with Crippen LogP contribution in [0, 0.1) is 17.6 Å². The van der Waals surface area contributed by atoms with Crippen molar-refractivity contribution < 1.29 is 18.4 Å². The lowest BCUT2D eigenvalue weighted by Crippen LogP contribution is -2.42. The summed E-state index contributed by atoms with van der Waals surface area (Å²) >= 11 is 0.934. The maximum absolute atomic E-state index is 13.8. The first-order chi connectivity index (χ1) is 11.1. The minimum atomic E-state index is -0.747. The standard InChI is InChI=1S/C15H13F2N3O2S/c16-10-3-4-12(17)11(6-10)14(21)9-2-1-5-20(8-9)15(22)13-7-18-23-19-13/h3-4,6-7,9H,1-2,5,8H2/t9-/m0/s1. The summed E-state index contributed by atoms with van der Waals surface area (Å²) in [5.41, 5.74) is -0.0281. The second kappa shape index (κ2) is 6.49. The van der Waals surface area contributed by atoms with Gasteiger partial charge in [0.15, 0.2) is 11.5 Å². The normalized spacial score (nSPS) is 18.0. The molecule has 1 aliphatic heterocycles. The maximum atomic E-state index is 13.8. The molecule has 0 saturated carbocycles. The number of carbonyl (C=O) groups is 2. The van der Waals surface area contributed by atoms with E-state index in [1.54, 1.807) is 0 Å². The molecule has 2 aromatic rings. The minimum Gasteiger partial charge on any atom is -0.336 e. The van der Waals surface area contributed by atoms with Crippen molar-refractivity contribution in [2.24, 2.45) is 5.92 Å². The summed E-state index contributed by atoms with van der Waals surface area (Å²) < 4.78 is 34.7. The molecule has 8 heteroatoms. The molecule has 0 radical (unpaired) electrons. The van der Waals surface area contributed by atoms with Gasteiger partial charge in [0.2, 0.25) is 0 Å². The van der Waals surface area contributed by atoms with Crippen LogP contribution in [0.3, 0.4) is 0 Å². The molecule has 0 bridgehead atoms. The van der Waals surface area contributed by atoms with Gasteiger partial charge in [-0.15, -0.1) is 0 Å². The molecule has 120 valence electrons. The number of halogens is 2. The second-order valence-corrected chi connectivity index (χ2v) is 5.93. The quantitative estimate of drug-likeness (QED) is 0.808. The average Bonchev–Trinajstić information content (AvgIpc) is 3.10. The molecule has 1 fully saturated rings. The largest absolute Gasteiger partial charge is 0.336 e. The molecule has 0 unspecified atom stereocenters. The molecule has 1 aromatic carbocycles. The predicted molar refractivity (Wildman–Crippen MR) is 79.2 cm³/mol. The second-order valence-electron chi connectivity index (χ2n) is 5.37. The number of piperidine rings is 1. The molecular formula is C15H13F2N3O2S. The van der Waals surface area contributed by atoms with Gasteiger partial charge in [-0.05, 0) is 31.0 Å². The molecule has 23 heavy (non-hydrogen) atoms. The third kappa shape index (κ3) is 3.26. The van der Waals surface area contributed by atoms with Gasteiger partial charge in [-0.25, -0.2) is 8.78 Å². The number of hydrogen-bond acceptors (Lipinski definition) is 5. The number of ketones is 1. The predicted octanol–water partition coefficient (Wildman–Crippen LogP) is 2.55. The van der Waals surface area contributed by atoms with Crippen LogP contribution in [0.25, 0.3) is 0 Å². The zero-order valence-electron chi connectivity index (χ0n) is 12.0. The molecule has 1 atom stereocenters. The van der Waals surface area contributed by atoms with E-state index in [4.69, 9.17) is 0 Å². The van der Waals surface area contributed by atoms with Crippen molar-refractivity contribution in [1.82, 2.24) is 13.6 Å². The number of benzene rings is 1. The molecule has 0 aliphatic carbocycles. The van der Waals surface area contributed by atoms with Gasteiger partial charge in [0.25, 0.3) is 5.91 Å². The lowest BCUT2D eigenvalue weighted by molar-refractivity contribution is 0.0632. The van der Waals surface area contributed by atoms with Crippen LogP contribution < -0.4 is 0 Å². The molecule has 2 heterocycles. The lowest BCUT2D eigenvalue weighted by Gasteiger charge is -2.31. The van der Waals surface area contributed by atoms with E-state index in [-0.39, 0.29) is 23.7 Å². The van der Waals surface area contributed by atoms with Crippen molar-refractivity contribution in [3.8, 4) is 0 Å². The molecule has 1 amide bonds. The smallest absolute Gasteiger partial charge is 0.275 e. The Bertz CT molecular complexity index is 736. The first-order valence-corrected chi connectivity index (χ1v) is 7.85. The highest BCUT2D eigenvalue weighted by atomic mass is 32.1. The third-order valence-electron chi connectivity index (χ3n) is 3.85. The van der Waals surface area contributed by atoms with E-state index in [0.29, 0.717) is 19.4 Å². The number of likely N-dealkylation sites (tertiary alicyclic amines) is 1. The molecule has 5 nitrogen and oxygen atoms in total. The fourth-order valence-corrected chi connectivity index (χ4v) is 3.11. The zero-order valence-corrected chi connectivity index (χ0v) is 12.9. The number of rotatable bonds is 3. The Balaban J connectivity index is 1.77. The van der Waals surface area contributed by atoms with E-state index < -0.39 is 23.3 Å². The molecule has 1 saturated heterocycles. The number of hydrogen-bond donors (Lipinski definition) is 0. The van der Waals surface area contributed by atoms with Crippen molar-refractivity contribution in [3.63, 3.8) is 0 Å². The van der Waals surface area contributed by atoms with E-state index in [1.165, 1.54) is 11.1 Å². The summed E-state index contributed by atoms with van der Waals surface area (Å²) in [6.45, 7) is 0.677. The van der Waals surface area contributed by atoms with Crippen LogP contribution in [0.1, 0.15) is 33.7 Å². The zero-order chi connectivity index (χ0) is 16.4. The molecular weight excluding hydrogens is 324 g/mol. The summed E-state index contributed by atoms with van der Waals surface area (Å²) in [5, 5.41) is 0. The lowest BCUT2D eigenvalue weighted by atomic mass is 9.89. The Morgan fingerprint density at radius 2 is 2.13 bits per heavy atom. The SMILES string of the molecule is O=C(c1cc(F)ccc1F)[C@H]1CCCN(C(=O)c2cnsn2)C1. The van der Waals surface area contributed by atoms with Crippen LogP contribution in [-0.2, 0) is 0 Å². The van der Waals surface area contributed by atoms with Crippen molar-refractivity contribution >= 4 is 23.4 Å². The first-order valence-electron chi connectivity index (χ1n) is 7.12. The van der Waals surface area contributed by atoms with E-state index in [2.05, 4.69) is 8.75 Å². The van der Waals surface area contributed by atoms with Crippen LogP contribution in [0.5, 0.6) is 0 Å². The van der Waals surface area contributed by atoms with Crippen LogP contribution in [-0.4, -0.2) is 38.4 Å². The summed E-state index contributed by atoms with van der Waals surface area (Å²) in [7, 11) is 0. The highest BCUT2D eigenvalue weighted by Gasteiger charge is 2.31. The van der Waals surface area contributed by atoms with Gasteiger partial charge in [-0.3, -0.25) is 9.59 Å². The molecule has 0 N–H and O–H groups in total. The van der Waals surface area contributed by atoms with Gasteiger partial charge < -0.3 is 4.90 Å². The van der Waals surface area contributed by atoms with E-state index >= 15 is 0 Å². The summed E-state index contributed by atoms with van der Waals surface area (Å²) in [5.74, 6) is -2.72. The van der Waals surface area contributed by atoms with Crippen molar-refractivity contribution in [2.75, 3.05) is 13.1 Å². The summed E-state index contributed by atoms with van der Waals surface area (Å²) in [6.07, 6.45) is 2.54. The molecule has 1 aliphatic rings. The number of carbonyl (C=O) groups excluding carboxylic acids is 2. The number of amides is 1. The highest BCUT2D eigenvalue weighted by molar-refractivity contribution is 6.99. The van der Waals surface area contributed by atoms with E-state index in [1.807, 2.05) is 0 Å². The number of nitrogens with zero attached hydrogens (tertiary/aromatic N) is 3. The van der Waals surface area contributed by atoms with Crippen molar-refractivity contribution in [2.45, 2.75) is 12.8 Å². The van der Waals surface area contributed by atoms with Crippen LogP contribution in [0.4, 0.5) is 8.78 Å². The monoisotopic (exact) mass is 337 g/mol. The maximum Gasteiger partial charge on any atom is 0.275 e. The van der Waals surface area contributed by atoms with Gasteiger partial charge in [-0.2, -0.15) is 8.75 Å². The molecule has 1 aromatic heterocycles. The van der Waals surface area contributed by atoms with Crippen LogP contribution >= 0.6 is 11.7 Å². The van der Waals surface area contributed by atoms with Gasteiger partial charge in [0, 0.05) is 19.0 Å². The Hall–Kier alpha value is -2.22. The van der Waals surface area contributed by atoms with Crippen molar-refractivity contribution in [3.05, 3.63) is 47.3 Å². The Morgan fingerprint density at radius 1 is 1.30 bits per heavy atom. The van der Waals surface area contributed by atoms with Crippen molar-refractivity contribution in [1.29, 1.82) is 0 Å². The molecule has 0 spiro atoms. The van der Waals surface area contributed by atoms with Gasteiger partial charge in [-0.1, -0.05) is 0 Å². The van der Waals surface area contributed by atoms with Gasteiger partial charge >= 0.3 is 0 Å². The summed E-state index contributed by atoms with van der Waals surface area (Å²) in [4.78, 5) is 26.2. The Kier molecular flexibility index (Phi) is 4.42. The Labute approximate surface area is 135 Å². The minimum absolute atomic E-state index is 0.172. The highest BCUT2D eigenvalue weighted by Crippen LogP contribution is 2.24. The van der Waals surface area contributed by atoms with Crippen LogP contribution in [0.15, 0.2) is 24.4 Å². The van der Waals surface area contributed by atoms with Gasteiger partial charge in [0.1, 0.15) is 11.6 Å². The first kappa shape index (κ1) is 15.7. The van der Waals surface area contributed by atoms with Gasteiger partial charge in [0.05, 0.1) is 23.5 Å². The fourth-order valence-electron chi connectivity index (χ4n) is 2.70. The summed E-state index contributed by atoms with van der Waals surface area (Å²) in [6, 6.07) is 2.82. The van der Waals surface area contributed by atoms with Crippen LogP contribution in [0.2, 0.25) is 0 Å². The van der Waals surface area contributed by atoms with E-state index in [9.17, 15) is 18.4 Å². The number of aromatic nitrogens is 2. The fraction of sp³-hybridized carbons (Fsp3) is 0.333. The Morgan fingerprint density at radius 3 is 2.87 bits per heavy atom. The van der Waals surface area contributed by atoms with E-state index in [0.717, 1.165) is 29.9 Å². The topological polar surface area (TPSA) is 63.2 Å². The number of Topliss-reactive ketones (excluding diaryl/α,β-unsaturated/α-hetero) is 1. The molecule has 3 rings (SSSR count). The third-order valence-corrected chi connectivity index (χ3v) is 4.33.